The van der Waals surface area contributed by atoms with Crippen molar-refractivity contribution in [3.63, 3.8) is 0 Å². The molecule has 0 radical (unpaired) electrons. The molecule has 1 aromatic heterocycles. The molecule has 0 amide bonds. The van der Waals surface area contributed by atoms with Crippen LogP contribution in [0.15, 0.2) is 4.34 Å². The number of hydrogen-bond donors (Lipinski definition) is 1. The number of anilines is 1. The highest BCUT2D eigenvalue weighted by Crippen LogP contribution is 2.27. The predicted octanol–water partition coefficient (Wildman–Crippen LogP) is 2.86. The standard InChI is InChI=1S/C12H24N4S2/c1-12(2,3)13-8-6-7-9-17-11-15-14-10(18-11)16(4)5/h13H,6-9H2,1-5H3. The van der Waals surface area contributed by atoms with Gasteiger partial charge in [0.2, 0.25) is 5.13 Å². The Kier molecular flexibility index (Phi) is 6.38. The molecule has 0 aliphatic heterocycles. The first-order chi connectivity index (χ1) is 8.38. The van der Waals surface area contributed by atoms with Gasteiger partial charge in [-0.25, -0.2) is 0 Å². The quantitative estimate of drug-likeness (QED) is 0.617. The summed E-state index contributed by atoms with van der Waals surface area (Å²) in [4.78, 5) is 2.00. The molecule has 0 unspecified atom stereocenters. The molecule has 0 fully saturated rings. The molecule has 1 N–H and O–H groups in total. The van der Waals surface area contributed by atoms with Gasteiger partial charge in [0.25, 0.3) is 0 Å². The van der Waals surface area contributed by atoms with Crippen molar-refractivity contribution in [2.75, 3.05) is 31.3 Å². The summed E-state index contributed by atoms with van der Waals surface area (Å²) in [5.41, 5.74) is 0.229. The Bertz CT molecular complexity index is 344. The van der Waals surface area contributed by atoms with Crippen molar-refractivity contribution in [3.8, 4) is 0 Å². The number of rotatable bonds is 7. The number of thioether (sulfide) groups is 1. The molecule has 4 nitrogen and oxygen atoms in total. The topological polar surface area (TPSA) is 41.1 Å². The van der Waals surface area contributed by atoms with Gasteiger partial charge in [-0.3, -0.25) is 0 Å². The first-order valence-electron chi connectivity index (χ1n) is 6.27. The molecule has 1 aromatic rings. The van der Waals surface area contributed by atoms with Gasteiger partial charge in [-0.05, 0) is 40.2 Å². The highest BCUT2D eigenvalue weighted by molar-refractivity contribution is 8.01. The van der Waals surface area contributed by atoms with Crippen molar-refractivity contribution in [2.45, 2.75) is 43.5 Å². The Labute approximate surface area is 119 Å². The molecule has 6 heteroatoms. The first-order valence-corrected chi connectivity index (χ1v) is 8.07. The minimum Gasteiger partial charge on any atom is -0.353 e. The van der Waals surface area contributed by atoms with E-state index < -0.39 is 0 Å². The molecular formula is C12H24N4S2. The maximum absolute atomic E-state index is 4.17. The molecule has 0 aromatic carbocycles. The lowest BCUT2D eigenvalue weighted by molar-refractivity contribution is 0.421. The van der Waals surface area contributed by atoms with Crippen molar-refractivity contribution in [3.05, 3.63) is 0 Å². The maximum atomic E-state index is 4.17. The van der Waals surface area contributed by atoms with Crippen LogP contribution in [0.4, 0.5) is 5.13 Å². The molecule has 0 aliphatic rings. The smallest absolute Gasteiger partial charge is 0.208 e. The molecule has 0 aliphatic carbocycles. The fourth-order valence-corrected chi connectivity index (χ4v) is 3.12. The number of hydrogen-bond acceptors (Lipinski definition) is 6. The Balaban J connectivity index is 2.10. The molecule has 1 rings (SSSR count). The fourth-order valence-electron chi connectivity index (χ4n) is 1.29. The van der Waals surface area contributed by atoms with Gasteiger partial charge in [-0.1, -0.05) is 23.1 Å². The molecule has 0 atom stereocenters. The van der Waals surface area contributed by atoms with Crippen LogP contribution in [0, 0.1) is 0 Å². The van der Waals surface area contributed by atoms with Crippen LogP contribution in [0.1, 0.15) is 33.6 Å². The number of unbranched alkanes of at least 4 members (excludes halogenated alkanes) is 1. The van der Waals surface area contributed by atoms with E-state index in [-0.39, 0.29) is 5.54 Å². The zero-order valence-corrected chi connectivity index (χ0v) is 13.6. The van der Waals surface area contributed by atoms with Gasteiger partial charge in [-0.15, -0.1) is 10.2 Å². The highest BCUT2D eigenvalue weighted by Gasteiger charge is 2.08. The second kappa shape index (κ2) is 7.31. The van der Waals surface area contributed by atoms with Crippen molar-refractivity contribution < 1.29 is 0 Å². The molecular weight excluding hydrogens is 264 g/mol. The van der Waals surface area contributed by atoms with E-state index in [2.05, 4.69) is 36.3 Å². The molecule has 104 valence electrons. The fraction of sp³-hybridized carbons (Fsp3) is 0.833. The van der Waals surface area contributed by atoms with Crippen LogP contribution in [-0.2, 0) is 0 Å². The van der Waals surface area contributed by atoms with E-state index in [9.17, 15) is 0 Å². The van der Waals surface area contributed by atoms with Crippen LogP contribution in [0.2, 0.25) is 0 Å². The average Bonchev–Trinajstić information content (AvgIpc) is 2.70. The van der Waals surface area contributed by atoms with E-state index in [1.54, 1.807) is 11.3 Å². The van der Waals surface area contributed by atoms with E-state index in [1.807, 2.05) is 30.8 Å². The summed E-state index contributed by atoms with van der Waals surface area (Å²) in [5.74, 6) is 1.12. The van der Waals surface area contributed by atoms with Gasteiger partial charge < -0.3 is 10.2 Å². The Morgan fingerprint density at radius 3 is 2.50 bits per heavy atom. The zero-order valence-electron chi connectivity index (χ0n) is 12.0. The first kappa shape index (κ1) is 15.7. The summed E-state index contributed by atoms with van der Waals surface area (Å²) >= 11 is 3.47. The summed E-state index contributed by atoms with van der Waals surface area (Å²) in [6, 6.07) is 0. The van der Waals surface area contributed by atoms with Crippen molar-refractivity contribution in [2.24, 2.45) is 0 Å². The van der Waals surface area contributed by atoms with E-state index in [1.165, 1.54) is 12.8 Å². The third-order valence-corrected chi connectivity index (χ3v) is 4.54. The van der Waals surface area contributed by atoms with Gasteiger partial charge in [0, 0.05) is 25.4 Å². The zero-order chi connectivity index (χ0) is 13.6. The van der Waals surface area contributed by atoms with Gasteiger partial charge in [0.1, 0.15) is 0 Å². The lowest BCUT2D eigenvalue weighted by Gasteiger charge is -2.20. The second-order valence-corrected chi connectivity index (χ2v) is 7.78. The van der Waals surface area contributed by atoms with E-state index in [0.29, 0.717) is 0 Å². The number of aromatic nitrogens is 2. The van der Waals surface area contributed by atoms with Crippen molar-refractivity contribution >= 4 is 28.2 Å². The predicted molar refractivity (Wildman–Crippen MR) is 81.9 cm³/mol. The van der Waals surface area contributed by atoms with Gasteiger partial charge in [0.05, 0.1) is 0 Å². The van der Waals surface area contributed by atoms with Crippen LogP contribution >= 0.6 is 23.1 Å². The summed E-state index contributed by atoms with van der Waals surface area (Å²) in [5, 5.41) is 12.8. The van der Waals surface area contributed by atoms with Gasteiger partial charge >= 0.3 is 0 Å². The van der Waals surface area contributed by atoms with Crippen LogP contribution in [0.3, 0.4) is 0 Å². The molecule has 1 heterocycles. The summed E-state index contributed by atoms with van der Waals surface area (Å²) in [7, 11) is 3.99. The molecule has 0 saturated carbocycles. The van der Waals surface area contributed by atoms with E-state index >= 15 is 0 Å². The highest BCUT2D eigenvalue weighted by atomic mass is 32.2. The van der Waals surface area contributed by atoms with Crippen LogP contribution in [-0.4, -0.2) is 42.1 Å². The minimum absolute atomic E-state index is 0.229. The normalized spacial score (nSPS) is 11.8. The maximum Gasteiger partial charge on any atom is 0.208 e. The lowest BCUT2D eigenvalue weighted by Crippen LogP contribution is -2.36. The Morgan fingerprint density at radius 1 is 1.22 bits per heavy atom. The van der Waals surface area contributed by atoms with Crippen LogP contribution in [0.25, 0.3) is 0 Å². The largest absolute Gasteiger partial charge is 0.353 e. The van der Waals surface area contributed by atoms with E-state index in [4.69, 9.17) is 0 Å². The van der Waals surface area contributed by atoms with E-state index in [0.717, 1.165) is 21.8 Å². The molecule has 0 spiro atoms. The summed E-state index contributed by atoms with van der Waals surface area (Å²) in [6.07, 6.45) is 2.42. The molecule has 18 heavy (non-hydrogen) atoms. The monoisotopic (exact) mass is 288 g/mol. The molecule has 0 bridgehead atoms. The minimum atomic E-state index is 0.229. The van der Waals surface area contributed by atoms with Gasteiger partial charge in [-0.2, -0.15) is 0 Å². The van der Waals surface area contributed by atoms with Crippen molar-refractivity contribution in [1.29, 1.82) is 0 Å². The number of nitrogens with zero attached hydrogens (tertiary/aromatic N) is 3. The van der Waals surface area contributed by atoms with Crippen LogP contribution in [0.5, 0.6) is 0 Å². The second-order valence-electron chi connectivity index (χ2n) is 5.48. The van der Waals surface area contributed by atoms with Crippen molar-refractivity contribution in [1.82, 2.24) is 15.5 Å². The third kappa shape index (κ3) is 6.56. The van der Waals surface area contributed by atoms with Crippen LogP contribution < -0.4 is 10.2 Å². The van der Waals surface area contributed by atoms with Gasteiger partial charge in [0.15, 0.2) is 4.34 Å². The number of nitrogens with one attached hydrogen (secondary N) is 1. The lowest BCUT2D eigenvalue weighted by atomic mass is 10.1. The summed E-state index contributed by atoms with van der Waals surface area (Å²) in [6.45, 7) is 7.69. The average molecular weight is 288 g/mol. The third-order valence-electron chi connectivity index (χ3n) is 2.23. The molecule has 0 saturated heterocycles. The Hall–Kier alpha value is -0.330. The SMILES string of the molecule is CN(C)c1nnc(SCCCCNC(C)(C)C)s1. The Morgan fingerprint density at radius 2 is 1.94 bits per heavy atom. The summed E-state index contributed by atoms with van der Waals surface area (Å²) < 4.78 is 1.07.